The maximum Gasteiger partial charge on any atom is 0.223 e. The lowest BCUT2D eigenvalue weighted by Gasteiger charge is -2.16. The second kappa shape index (κ2) is 10.5. The van der Waals surface area contributed by atoms with Crippen LogP contribution >= 0.6 is 0 Å². The molecule has 2 heterocycles. The van der Waals surface area contributed by atoms with Gasteiger partial charge in [-0.2, -0.15) is 5.10 Å². The fraction of sp³-hybridized carbons (Fsp3) is 0.476. The van der Waals surface area contributed by atoms with Crippen LogP contribution in [0.4, 0.5) is 0 Å². The van der Waals surface area contributed by atoms with Crippen molar-refractivity contribution in [3.05, 3.63) is 53.9 Å². The van der Waals surface area contributed by atoms with E-state index in [1.54, 1.807) is 6.20 Å². The smallest absolute Gasteiger partial charge is 0.223 e. The molecule has 150 valence electrons. The molecule has 0 spiro atoms. The Morgan fingerprint density at radius 2 is 1.93 bits per heavy atom. The molecule has 2 N–H and O–H groups in total. The topological polar surface area (TPSA) is 74.5 Å². The Labute approximate surface area is 166 Å². The quantitative estimate of drug-likeness (QED) is 0.396. The Morgan fingerprint density at radius 1 is 1.14 bits per heavy atom. The van der Waals surface area contributed by atoms with Crippen LogP contribution in [0.5, 0.6) is 0 Å². The van der Waals surface area contributed by atoms with Gasteiger partial charge in [0.2, 0.25) is 5.91 Å². The third-order valence-corrected chi connectivity index (χ3v) is 4.77. The van der Waals surface area contributed by atoms with E-state index in [1.165, 1.54) is 11.1 Å². The Morgan fingerprint density at radius 3 is 2.61 bits per heavy atom. The molecule has 1 aromatic heterocycles. The van der Waals surface area contributed by atoms with Crippen molar-refractivity contribution in [2.45, 2.75) is 45.8 Å². The molecule has 28 heavy (non-hydrogen) atoms. The van der Waals surface area contributed by atoms with E-state index in [-0.39, 0.29) is 5.91 Å². The van der Waals surface area contributed by atoms with Crippen LogP contribution in [0.1, 0.15) is 37.3 Å². The van der Waals surface area contributed by atoms with E-state index in [4.69, 9.17) is 0 Å². The second-order valence-corrected chi connectivity index (χ2v) is 6.93. The van der Waals surface area contributed by atoms with Gasteiger partial charge in [0, 0.05) is 58.1 Å². The van der Waals surface area contributed by atoms with Crippen LogP contribution in [0.3, 0.4) is 0 Å². The number of hydrogen-bond acceptors (Lipinski definition) is 3. The fourth-order valence-electron chi connectivity index (χ4n) is 3.31. The molecule has 1 amide bonds. The number of aliphatic imine (C=N–C) groups is 1. The van der Waals surface area contributed by atoms with Gasteiger partial charge in [-0.15, -0.1) is 0 Å². The highest BCUT2D eigenvalue weighted by atomic mass is 16.2. The molecule has 0 unspecified atom stereocenters. The average molecular weight is 383 g/mol. The standard InChI is InChI=1S/C21H30N6O/c1-2-22-21(24-12-6-14-27-15-7-13-25-27)23-11-5-10-20(28)26-16-18-8-3-4-9-19(18)17-26/h3-4,7-9,13,15H,2,5-6,10-12,14,16-17H2,1H3,(H2,22,23,24). The third-order valence-electron chi connectivity index (χ3n) is 4.77. The van der Waals surface area contributed by atoms with Gasteiger partial charge >= 0.3 is 0 Å². The van der Waals surface area contributed by atoms with Gasteiger partial charge in [0.15, 0.2) is 5.96 Å². The number of benzene rings is 1. The summed E-state index contributed by atoms with van der Waals surface area (Å²) in [6.45, 7) is 6.68. The van der Waals surface area contributed by atoms with Crippen molar-refractivity contribution in [2.75, 3.05) is 19.6 Å². The minimum atomic E-state index is 0.221. The summed E-state index contributed by atoms with van der Waals surface area (Å²) in [6.07, 6.45) is 6.04. The zero-order valence-electron chi connectivity index (χ0n) is 16.6. The third kappa shape index (κ3) is 5.84. The van der Waals surface area contributed by atoms with Gasteiger partial charge in [0.25, 0.3) is 0 Å². The lowest BCUT2D eigenvalue weighted by molar-refractivity contribution is -0.131. The predicted octanol–water partition coefficient (Wildman–Crippen LogP) is 2.15. The van der Waals surface area contributed by atoms with Gasteiger partial charge in [0.05, 0.1) is 0 Å². The number of nitrogens with zero attached hydrogens (tertiary/aromatic N) is 4. The van der Waals surface area contributed by atoms with Gasteiger partial charge in [0.1, 0.15) is 0 Å². The molecular weight excluding hydrogens is 352 g/mol. The van der Waals surface area contributed by atoms with Gasteiger partial charge in [-0.05, 0) is 37.0 Å². The van der Waals surface area contributed by atoms with Crippen molar-refractivity contribution in [3.63, 3.8) is 0 Å². The highest BCUT2D eigenvalue weighted by Crippen LogP contribution is 2.22. The molecule has 3 rings (SSSR count). The molecule has 1 aliphatic heterocycles. The average Bonchev–Trinajstić information content (AvgIpc) is 3.37. The summed E-state index contributed by atoms with van der Waals surface area (Å²) in [5.41, 5.74) is 2.54. The Balaban J connectivity index is 1.34. The summed E-state index contributed by atoms with van der Waals surface area (Å²) in [5, 5.41) is 10.8. The van der Waals surface area contributed by atoms with Crippen molar-refractivity contribution in [3.8, 4) is 0 Å². The predicted molar refractivity (Wildman–Crippen MR) is 111 cm³/mol. The molecule has 1 aliphatic rings. The molecule has 0 saturated heterocycles. The lowest BCUT2D eigenvalue weighted by Crippen LogP contribution is -2.38. The molecule has 0 bridgehead atoms. The minimum Gasteiger partial charge on any atom is -0.357 e. The number of fused-ring (bicyclic) bond motifs is 1. The molecule has 0 radical (unpaired) electrons. The Hall–Kier alpha value is -2.83. The summed E-state index contributed by atoms with van der Waals surface area (Å²) in [4.78, 5) is 19.0. The van der Waals surface area contributed by atoms with Crippen LogP contribution in [-0.2, 0) is 24.4 Å². The van der Waals surface area contributed by atoms with Crippen LogP contribution in [0, 0.1) is 0 Å². The molecule has 0 aliphatic carbocycles. The van der Waals surface area contributed by atoms with Gasteiger partial charge in [-0.3, -0.25) is 14.5 Å². The SMILES string of the molecule is CCNC(=NCCCn1cccn1)NCCCC(=O)N1Cc2ccccc2C1. The van der Waals surface area contributed by atoms with Crippen LogP contribution in [0.2, 0.25) is 0 Å². The van der Waals surface area contributed by atoms with E-state index in [1.807, 2.05) is 34.0 Å². The monoisotopic (exact) mass is 382 g/mol. The molecule has 0 fully saturated rings. The van der Waals surface area contributed by atoms with Crippen LogP contribution in [0.15, 0.2) is 47.7 Å². The summed E-state index contributed by atoms with van der Waals surface area (Å²) in [5.74, 6) is 1.03. The van der Waals surface area contributed by atoms with E-state index in [0.717, 1.165) is 58.1 Å². The summed E-state index contributed by atoms with van der Waals surface area (Å²) in [7, 11) is 0. The molecule has 1 aromatic carbocycles. The number of carbonyl (C=O) groups excluding carboxylic acids is 1. The largest absolute Gasteiger partial charge is 0.357 e. The van der Waals surface area contributed by atoms with Gasteiger partial charge in [-0.25, -0.2) is 0 Å². The van der Waals surface area contributed by atoms with Crippen LogP contribution in [0.25, 0.3) is 0 Å². The summed E-state index contributed by atoms with van der Waals surface area (Å²) < 4.78 is 1.91. The van der Waals surface area contributed by atoms with E-state index in [2.05, 4.69) is 39.8 Å². The fourth-order valence-corrected chi connectivity index (χ4v) is 3.31. The summed E-state index contributed by atoms with van der Waals surface area (Å²) >= 11 is 0. The molecular formula is C21H30N6O. The number of hydrogen-bond donors (Lipinski definition) is 2. The van der Waals surface area contributed by atoms with Crippen LogP contribution < -0.4 is 10.6 Å². The van der Waals surface area contributed by atoms with E-state index in [9.17, 15) is 4.79 Å². The van der Waals surface area contributed by atoms with Crippen molar-refractivity contribution in [1.29, 1.82) is 0 Å². The first-order valence-electron chi connectivity index (χ1n) is 10.1. The number of rotatable bonds is 9. The van der Waals surface area contributed by atoms with Crippen molar-refractivity contribution < 1.29 is 4.79 Å². The maximum atomic E-state index is 12.5. The number of amides is 1. The number of nitrogens with one attached hydrogen (secondary N) is 2. The van der Waals surface area contributed by atoms with Crippen molar-refractivity contribution in [2.24, 2.45) is 4.99 Å². The molecule has 2 aromatic rings. The maximum absolute atomic E-state index is 12.5. The van der Waals surface area contributed by atoms with Gasteiger partial charge in [-0.1, -0.05) is 24.3 Å². The minimum absolute atomic E-state index is 0.221. The zero-order chi connectivity index (χ0) is 19.6. The first kappa shape index (κ1) is 19.9. The molecule has 7 heteroatoms. The summed E-state index contributed by atoms with van der Waals surface area (Å²) in [6, 6.07) is 10.2. The first-order chi connectivity index (χ1) is 13.8. The highest BCUT2D eigenvalue weighted by Gasteiger charge is 2.22. The van der Waals surface area contributed by atoms with Crippen LogP contribution in [-0.4, -0.2) is 46.2 Å². The number of carbonyl (C=O) groups is 1. The zero-order valence-corrected chi connectivity index (χ0v) is 16.6. The number of aromatic nitrogens is 2. The Kier molecular flexibility index (Phi) is 7.46. The van der Waals surface area contributed by atoms with E-state index in [0.29, 0.717) is 6.42 Å². The van der Waals surface area contributed by atoms with Crippen molar-refractivity contribution >= 4 is 11.9 Å². The number of aryl methyl sites for hydroxylation is 1. The lowest BCUT2D eigenvalue weighted by atomic mass is 10.1. The highest BCUT2D eigenvalue weighted by molar-refractivity contribution is 5.80. The number of guanidine groups is 1. The molecule has 7 nitrogen and oxygen atoms in total. The van der Waals surface area contributed by atoms with Gasteiger partial charge < -0.3 is 15.5 Å². The Bertz CT molecular complexity index is 746. The van der Waals surface area contributed by atoms with Crippen molar-refractivity contribution in [1.82, 2.24) is 25.3 Å². The van der Waals surface area contributed by atoms with E-state index < -0.39 is 0 Å². The normalized spacial score (nSPS) is 13.5. The molecule has 0 saturated carbocycles. The molecule has 0 atom stereocenters. The van der Waals surface area contributed by atoms with E-state index >= 15 is 0 Å². The second-order valence-electron chi connectivity index (χ2n) is 6.93. The first-order valence-corrected chi connectivity index (χ1v) is 10.1.